The fraction of sp³-hybridized carbons (Fsp3) is 0.700. The quantitative estimate of drug-likeness (QED) is 0.539. The molecule has 2 fully saturated rings. The number of imide groups is 1. The van der Waals surface area contributed by atoms with Crippen molar-refractivity contribution >= 4 is 17.7 Å². The molecule has 0 spiro atoms. The molecule has 0 radical (unpaired) electrons. The number of amides is 3. The van der Waals surface area contributed by atoms with Gasteiger partial charge in [0.15, 0.2) is 0 Å². The van der Waals surface area contributed by atoms with Crippen LogP contribution in [0.15, 0.2) is 0 Å². The molecule has 0 aromatic rings. The van der Waals surface area contributed by atoms with Crippen molar-refractivity contribution < 1.29 is 14.4 Å². The first-order chi connectivity index (χ1) is 7.59. The predicted molar refractivity (Wildman–Crippen MR) is 55.3 cm³/mol. The van der Waals surface area contributed by atoms with Crippen LogP contribution >= 0.6 is 0 Å². The maximum atomic E-state index is 12.0. The lowest BCUT2D eigenvalue weighted by atomic mass is 10.1. The normalized spacial score (nSPS) is 30.4. The predicted octanol–water partition coefficient (Wildman–Crippen LogP) is -1.39. The minimum Gasteiger partial charge on any atom is -0.320 e. The van der Waals surface area contributed by atoms with Gasteiger partial charge in [-0.25, -0.2) is 0 Å². The van der Waals surface area contributed by atoms with Crippen LogP contribution in [0.5, 0.6) is 0 Å². The molecule has 2 saturated heterocycles. The highest BCUT2D eigenvalue weighted by molar-refractivity contribution is 6.04. The highest BCUT2D eigenvalue weighted by Crippen LogP contribution is 2.12. The first-order valence-corrected chi connectivity index (χ1v) is 5.47. The van der Waals surface area contributed by atoms with E-state index in [1.807, 2.05) is 0 Å². The Hall–Kier alpha value is -1.43. The third-order valence-corrected chi connectivity index (χ3v) is 3.07. The Morgan fingerprint density at radius 1 is 1.44 bits per heavy atom. The van der Waals surface area contributed by atoms with Gasteiger partial charge in [-0.15, -0.1) is 0 Å². The van der Waals surface area contributed by atoms with Gasteiger partial charge in [-0.2, -0.15) is 0 Å². The van der Waals surface area contributed by atoms with Gasteiger partial charge < -0.3 is 10.2 Å². The molecule has 2 atom stereocenters. The van der Waals surface area contributed by atoms with Gasteiger partial charge in [-0.3, -0.25) is 19.7 Å². The van der Waals surface area contributed by atoms with Gasteiger partial charge >= 0.3 is 0 Å². The molecule has 0 saturated carbocycles. The third kappa shape index (κ3) is 1.92. The summed E-state index contributed by atoms with van der Waals surface area (Å²) in [4.78, 5) is 36.0. The van der Waals surface area contributed by atoms with Crippen molar-refractivity contribution in [1.82, 2.24) is 15.5 Å². The summed E-state index contributed by atoms with van der Waals surface area (Å²) in [7, 11) is 0. The van der Waals surface area contributed by atoms with Gasteiger partial charge in [0.25, 0.3) is 0 Å². The Morgan fingerprint density at radius 3 is 2.81 bits per heavy atom. The molecule has 2 aliphatic heterocycles. The third-order valence-electron chi connectivity index (χ3n) is 3.07. The van der Waals surface area contributed by atoms with E-state index in [4.69, 9.17) is 0 Å². The largest absolute Gasteiger partial charge is 0.320 e. The summed E-state index contributed by atoms with van der Waals surface area (Å²) >= 11 is 0. The molecule has 2 N–H and O–H groups in total. The molecule has 88 valence electrons. The van der Waals surface area contributed by atoms with Crippen molar-refractivity contribution in [2.45, 2.75) is 31.8 Å². The second-order valence-electron chi connectivity index (χ2n) is 4.20. The molecular formula is C10H15N3O3. The van der Waals surface area contributed by atoms with Crippen molar-refractivity contribution in [1.29, 1.82) is 0 Å². The van der Waals surface area contributed by atoms with E-state index >= 15 is 0 Å². The molecule has 6 nitrogen and oxygen atoms in total. The van der Waals surface area contributed by atoms with Crippen LogP contribution in [0, 0.1) is 0 Å². The van der Waals surface area contributed by atoms with Crippen LogP contribution in [0.1, 0.15) is 19.8 Å². The van der Waals surface area contributed by atoms with Crippen LogP contribution in [-0.2, 0) is 14.4 Å². The Kier molecular flexibility index (Phi) is 2.91. The zero-order valence-corrected chi connectivity index (χ0v) is 9.16. The topological polar surface area (TPSA) is 78.5 Å². The van der Waals surface area contributed by atoms with Crippen LogP contribution < -0.4 is 10.6 Å². The standard InChI is InChI=1S/C10H15N3O3/c1-6-9(15)12-8(14)5-13(6)10(16)7-3-2-4-11-7/h6-7,11H,2-5H2,1H3,(H,12,14,15)/t6?,7-/m1/s1. The fourth-order valence-electron chi connectivity index (χ4n) is 2.08. The molecule has 3 amide bonds. The summed E-state index contributed by atoms with van der Waals surface area (Å²) in [5, 5.41) is 5.28. The van der Waals surface area contributed by atoms with Gasteiger partial charge in [-0.1, -0.05) is 0 Å². The van der Waals surface area contributed by atoms with Crippen LogP contribution in [0.25, 0.3) is 0 Å². The van der Waals surface area contributed by atoms with Gasteiger partial charge in [0.2, 0.25) is 17.7 Å². The number of piperazine rings is 1. The van der Waals surface area contributed by atoms with Gasteiger partial charge in [0, 0.05) is 0 Å². The molecule has 0 aromatic carbocycles. The molecule has 2 aliphatic rings. The van der Waals surface area contributed by atoms with Crippen LogP contribution in [0.4, 0.5) is 0 Å². The molecule has 2 rings (SSSR count). The van der Waals surface area contributed by atoms with Gasteiger partial charge in [0.1, 0.15) is 12.6 Å². The number of hydrogen-bond donors (Lipinski definition) is 2. The number of nitrogens with zero attached hydrogens (tertiary/aromatic N) is 1. The van der Waals surface area contributed by atoms with E-state index in [2.05, 4.69) is 10.6 Å². The average molecular weight is 225 g/mol. The number of carbonyl (C=O) groups is 3. The summed E-state index contributed by atoms with van der Waals surface area (Å²) in [5.74, 6) is -0.953. The molecule has 0 bridgehead atoms. The summed E-state index contributed by atoms with van der Waals surface area (Å²) < 4.78 is 0. The lowest BCUT2D eigenvalue weighted by Gasteiger charge is -2.33. The Balaban J connectivity index is 2.09. The van der Waals surface area contributed by atoms with Crippen molar-refractivity contribution in [3.05, 3.63) is 0 Å². The lowest BCUT2D eigenvalue weighted by Crippen LogP contribution is -2.61. The van der Waals surface area contributed by atoms with Crippen molar-refractivity contribution in [2.75, 3.05) is 13.1 Å². The average Bonchev–Trinajstić information content (AvgIpc) is 2.75. The molecule has 16 heavy (non-hydrogen) atoms. The monoisotopic (exact) mass is 225 g/mol. The summed E-state index contributed by atoms with van der Waals surface area (Å²) in [6, 6.07) is -0.797. The zero-order chi connectivity index (χ0) is 11.7. The number of nitrogens with one attached hydrogen (secondary N) is 2. The molecule has 0 aromatic heterocycles. The van der Waals surface area contributed by atoms with E-state index in [0.29, 0.717) is 0 Å². The van der Waals surface area contributed by atoms with Crippen molar-refractivity contribution in [2.24, 2.45) is 0 Å². The lowest BCUT2D eigenvalue weighted by molar-refractivity contribution is -0.150. The smallest absolute Gasteiger partial charge is 0.249 e. The maximum absolute atomic E-state index is 12.0. The Labute approximate surface area is 93.4 Å². The molecule has 1 unspecified atom stereocenters. The Bertz CT molecular complexity index is 336. The fourth-order valence-corrected chi connectivity index (χ4v) is 2.08. The van der Waals surface area contributed by atoms with Crippen LogP contribution in [0.3, 0.4) is 0 Å². The minimum atomic E-state index is -0.562. The maximum Gasteiger partial charge on any atom is 0.249 e. The van der Waals surface area contributed by atoms with E-state index in [1.165, 1.54) is 4.90 Å². The van der Waals surface area contributed by atoms with E-state index in [-0.39, 0.29) is 18.5 Å². The second kappa shape index (κ2) is 4.21. The molecule has 0 aliphatic carbocycles. The Morgan fingerprint density at radius 2 is 2.19 bits per heavy atom. The minimum absolute atomic E-state index is 0.0239. The number of hydrogen-bond acceptors (Lipinski definition) is 4. The van der Waals surface area contributed by atoms with Crippen LogP contribution in [0.2, 0.25) is 0 Å². The van der Waals surface area contributed by atoms with E-state index in [9.17, 15) is 14.4 Å². The van der Waals surface area contributed by atoms with Gasteiger partial charge in [0.05, 0.1) is 6.04 Å². The van der Waals surface area contributed by atoms with E-state index < -0.39 is 17.9 Å². The number of carbonyl (C=O) groups excluding carboxylic acids is 3. The molecular weight excluding hydrogens is 210 g/mol. The summed E-state index contributed by atoms with van der Waals surface area (Å²) in [5.41, 5.74) is 0. The summed E-state index contributed by atoms with van der Waals surface area (Å²) in [6.45, 7) is 2.43. The van der Waals surface area contributed by atoms with Gasteiger partial charge in [-0.05, 0) is 26.3 Å². The van der Waals surface area contributed by atoms with Crippen LogP contribution in [-0.4, -0.2) is 47.8 Å². The molecule has 2 heterocycles. The van der Waals surface area contributed by atoms with Crippen molar-refractivity contribution in [3.8, 4) is 0 Å². The summed E-state index contributed by atoms with van der Waals surface area (Å²) in [6.07, 6.45) is 1.73. The van der Waals surface area contributed by atoms with Crippen molar-refractivity contribution in [3.63, 3.8) is 0 Å². The zero-order valence-electron chi connectivity index (χ0n) is 9.16. The second-order valence-corrected chi connectivity index (χ2v) is 4.20. The first-order valence-electron chi connectivity index (χ1n) is 5.47. The SMILES string of the molecule is CC1C(=O)NC(=O)CN1C(=O)[C@H]1CCCN1. The highest BCUT2D eigenvalue weighted by Gasteiger charge is 2.37. The van der Waals surface area contributed by atoms with E-state index in [0.717, 1.165) is 19.4 Å². The highest BCUT2D eigenvalue weighted by atomic mass is 16.2. The molecule has 6 heteroatoms. The number of rotatable bonds is 1. The first kappa shape index (κ1) is 11.1. The van der Waals surface area contributed by atoms with E-state index in [1.54, 1.807) is 6.92 Å².